The van der Waals surface area contributed by atoms with Crippen LogP contribution < -0.4 is 0 Å². The van der Waals surface area contributed by atoms with Crippen molar-refractivity contribution in [1.82, 2.24) is 9.97 Å². The van der Waals surface area contributed by atoms with Crippen LogP contribution in [0, 0.1) is 0 Å². The summed E-state index contributed by atoms with van der Waals surface area (Å²) in [7, 11) is 0. The molecule has 0 unspecified atom stereocenters. The standard InChI is InChI=1S/C15H9F3N2S/c16-15(17,18)11-5-3-10(4-6-11)12-8-19-9-20-14(12)13-2-1-7-21-13/h1-9H. The monoisotopic (exact) mass is 306 g/mol. The van der Waals surface area contributed by atoms with E-state index in [9.17, 15) is 13.2 Å². The molecule has 0 radical (unpaired) electrons. The van der Waals surface area contributed by atoms with Gasteiger partial charge in [0.25, 0.3) is 0 Å². The molecule has 0 aliphatic rings. The normalized spacial score (nSPS) is 11.6. The van der Waals surface area contributed by atoms with Gasteiger partial charge in [0.15, 0.2) is 0 Å². The van der Waals surface area contributed by atoms with Crippen LogP contribution in [0.2, 0.25) is 0 Å². The third-order valence-corrected chi connectivity index (χ3v) is 3.87. The fraction of sp³-hybridized carbons (Fsp3) is 0.0667. The number of rotatable bonds is 2. The smallest absolute Gasteiger partial charge is 0.244 e. The summed E-state index contributed by atoms with van der Waals surface area (Å²) in [5, 5.41) is 1.92. The Morgan fingerprint density at radius 2 is 1.76 bits per heavy atom. The number of halogens is 3. The number of alkyl halides is 3. The van der Waals surface area contributed by atoms with E-state index >= 15 is 0 Å². The van der Waals surface area contributed by atoms with Crippen molar-refractivity contribution >= 4 is 11.3 Å². The van der Waals surface area contributed by atoms with Crippen molar-refractivity contribution in [2.75, 3.05) is 0 Å². The maximum absolute atomic E-state index is 12.6. The molecular weight excluding hydrogens is 297 g/mol. The topological polar surface area (TPSA) is 25.8 Å². The largest absolute Gasteiger partial charge is 0.416 e. The lowest BCUT2D eigenvalue weighted by Gasteiger charge is -2.09. The molecule has 2 heterocycles. The maximum Gasteiger partial charge on any atom is 0.416 e. The summed E-state index contributed by atoms with van der Waals surface area (Å²) in [5.41, 5.74) is 1.43. The molecule has 2 nitrogen and oxygen atoms in total. The van der Waals surface area contributed by atoms with E-state index < -0.39 is 11.7 Å². The molecule has 106 valence electrons. The van der Waals surface area contributed by atoms with E-state index in [2.05, 4.69) is 9.97 Å². The van der Waals surface area contributed by atoms with Crippen molar-refractivity contribution in [3.8, 4) is 21.7 Å². The zero-order valence-corrected chi connectivity index (χ0v) is 11.4. The van der Waals surface area contributed by atoms with E-state index in [1.165, 1.54) is 29.8 Å². The molecule has 0 amide bonds. The molecule has 2 aromatic heterocycles. The molecule has 3 rings (SSSR count). The molecule has 6 heteroatoms. The Morgan fingerprint density at radius 1 is 1.00 bits per heavy atom. The van der Waals surface area contributed by atoms with Gasteiger partial charge in [0.1, 0.15) is 6.33 Å². The van der Waals surface area contributed by atoms with Gasteiger partial charge in [-0.1, -0.05) is 18.2 Å². The first-order valence-corrected chi connectivity index (χ1v) is 6.95. The van der Waals surface area contributed by atoms with Crippen molar-refractivity contribution < 1.29 is 13.2 Å². The fourth-order valence-corrected chi connectivity index (χ4v) is 2.72. The molecule has 0 N–H and O–H groups in total. The predicted molar refractivity (Wildman–Crippen MR) is 75.8 cm³/mol. The van der Waals surface area contributed by atoms with Gasteiger partial charge in [-0.05, 0) is 29.1 Å². The van der Waals surface area contributed by atoms with Crippen LogP contribution >= 0.6 is 11.3 Å². The third kappa shape index (κ3) is 2.80. The Morgan fingerprint density at radius 3 is 2.38 bits per heavy atom. The van der Waals surface area contributed by atoms with E-state index in [0.29, 0.717) is 11.1 Å². The Hall–Kier alpha value is -2.21. The second kappa shape index (κ2) is 5.29. The highest BCUT2D eigenvalue weighted by Gasteiger charge is 2.30. The molecule has 3 aromatic rings. The van der Waals surface area contributed by atoms with Gasteiger partial charge in [0.2, 0.25) is 0 Å². The zero-order valence-electron chi connectivity index (χ0n) is 10.6. The second-order valence-electron chi connectivity index (χ2n) is 4.34. The highest BCUT2D eigenvalue weighted by molar-refractivity contribution is 7.13. The molecule has 0 bridgehead atoms. The minimum atomic E-state index is -4.33. The van der Waals surface area contributed by atoms with Crippen LogP contribution in [0.1, 0.15) is 5.56 Å². The van der Waals surface area contributed by atoms with Crippen LogP contribution in [0.5, 0.6) is 0 Å². The Balaban J connectivity index is 2.06. The first kappa shape index (κ1) is 13.8. The van der Waals surface area contributed by atoms with Crippen LogP contribution in [0.3, 0.4) is 0 Å². The summed E-state index contributed by atoms with van der Waals surface area (Å²) < 4.78 is 37.8. The average Bonchev–Trinajstić information content (AvgIpc) is 3.01. The van der Waals surface area contributed by atoms with Crippen molar-refractivity contribution in [3.05, 3.63) is 59.9 Å². The zero-order chi connectivity index (χ0) is 14.9. The molecule has 0 aliphatic heterocycles. The number of benzene rings is 1. The number of aromatic nitrogens is 2. The van der Waals surface area contributed by atoms with Crippen molar-refractivity contribution in [3.63, 3.8) is 0 Å². The van der Waals surface area contributed by atoms with Gasteiger partial charge in [0, 0.05) is 11.8 Å². The maximum atomic E-state index is 12.6. The Labute approximate surface area is 122 Å². The van der Waals surface area contributed by atoms with Crippen LogP contribution in [-0.4, -0.2) is 9.97 Å². The van der Waals surface area contributed by atoms with Gasteiger partial charge >= 0.3 is 6.18 Å². The molecule has 1 aromatic carbocycles. The predicted octanol–water partition coefficient (Wildman–Crippen LogP) is 4.89. The molecule has 0 spiro atoms. The van der Waals surface area contributed by atoms with Crippen LogP contribution in [0.4, 0.5) is 13.2 Å². The summed E-state index contributed by atoms with van der Waals surface area (Å²) in [5.74, 6) is 0. The van der Waals surface area contributed by atoms with E-state index in [-0.39, 0.29) is 0 Å². The summed E-state index contributed by atoms with van der Waals surface area (Å²) in [6.07, 6.45) is -1.28. The summed E-state index contributed by atoms with van der Waals surface area (Å²) in [6, 6.07) is 8.84. The Bertz CT molecular complexity index is 734. The quantitative estimate of drug-likeness (QED) is 0.673. The molecule has 0 aliphatic carbocycles. The highest BCUT2D eigenvalue weighted by Crippen LogP contribution is 2.34. The van der Waals surface area contributed by atoms with Crippen LogP contribution in [0.25, 0.3) is 21.7 Å². The second-order valence-corrected chi connectivity index (χ2v) is 5.29. The van der Waals surface area contributed by atoms with Crippen molar-refractivity contribution in [2.45, 2.75) is 6.18 Å². The van der Waals surface area contributed by atoms with Gasteiger partial charge in [-0.25, -0.2) is 9.97 Å². The first-order valence-electron chi connectivity index (χ1n) is 6.07. The summed E-state index contributed by atoms with van der Waals surface area (Å²) in [4.78, 5) is 9.17. The lowest BCUT2D eigenvalue weighted by atomic mass is 10.0. The molecular formula is C15H9F3N2S. The van der Waals surface area contributed by atoms with Crippen molar-refractivity contribution in [1.29, 1.82) is 0 Å². The van der Waals surface area contributed by atoms with Gasteiger partial charge < -0.3 is 0 Å². The summed E-state index contributed by atoms with van der Waals surface area (Å²) >= 11 is 1.52. The number of hydrogen-bond donors (Lipinski definition) is 0. The third-order valence-electron chi connectivity index (χ3n) is 2.99. The molecule has 0 saturated heterocycles. The lowest BCUT2D eigenvalue weighted by Crippen LogP contribution is -2.04. The van der Waals surface area contributed by atoms with E-state index in [0.717, 1.165) is 22.7 Å². The van der Waals surface area contributed by atoms with Gasteiger partial charge in [0.05, 0.1) is 16.1 Å². The number of thiophene rings is 1. The first-order chi connectivity index (χ1) is 10.1. The molecule has 0 fully saturated rings. The average molecular weight is 306 g/mol. The minimum absolute atomic E-state index is 0.659. The fourth-order valence-electron chi connectivity index (χ4n) is 1.99. The van der Waals surface area contributed by atoms with Gasteiger partial charge in [-0.15, -0.1) is 11.3 Å². The molecule has 21 heavy (non-hydrogen) atoms. The van der Waals surface area contributed by atoms with Crippen LogP contribution in [0.15, 0.2) is 54.3 Å². The van der Waals surface area contributed by atoms with Gasteiger partial charge in [-0.2, -0.15) is 13.2 Å². The van der Waals surface area contributed by atoms with E-state index in [1.807, 2.05) is 17.5 Å². The SMILES string of the molecule is FC(F)(F)c1ccc(-c2cncnc2-c2cccs2)cc1. The van der Waals surface area contributed by atoms with Gasteiger partial charge in [-0.3, -0.25) is 0 Å². The minimum Gasteiger partial charge on any atom is -0.244 e. The molecule has 0 atom stereocenters. The van der Waals surface area contributed by atoms with E-state index in [1.54, 1.807) is 6.20 Å². The van der Waals surface area contributed by atoms with Crippen molar-refractivity contribution in [2.24, 2.45) is 0 Å². The molecule has 0 saturated carbocycles. The number of nitrogens with zero attached hydrogens (tertiary/aromatic N) is 2. The number of hydrogen-bond acceptors (Lipinski definition) is 3. The Kier molecular flexibility index (Phi) is 3.47. The summed E-state index contributed by atoms with van der Waals surface area (Å²) in [6.45, 7) is 0. The van der Waals surface area contributed by atoms with E-state index in [4.69, 9.17) is 0 Å². The van der Waals surface area contributed by atoms with Crippen LogP contribution in [-0.2, 0) is 6.18 Å². The lowest BCUT2D eigenvalue weighted by molar-refractivity contribution is -0.137. The highest BCUT2D eigenvalue weighted by atomic mass is 32.1.